The predicted octanol–water partition coefficient (Wildman–Crippen LogP) is 3.16. The predicted molar refractivity (Wildman–Crippen MR) is 105 cm³/mol. The lowest BCUT2D eigenvalue weighted by Gasteiger charge is -2.13. The van der Waals surface area contributed by atoms with Crippen LogP contribution in [0.3, 0.4) is 0 Å². The average molecular weight is 371 g/mol. The molecule has 2 amide bonds. The third kappa shape index (κ3) is 6.22. The van der Waals surface area contributed by atoms with E-state index in [4.69, 9.17) is 19.9 Å². The second kappa shape index (κ2) is 10.1. The molecular formula is C20H25N3O4. The zero-order valence-electron chi connectivity index (χ0n) is 15.8. The summed E-state index contributed by atoms with van der Waals surface area (Å²) in [6.45, 7) is 5.14. The number of benzene rings is 2. The van der Waals surface area contributed by atoms with Crippen molar-refractivity contribution in [2.24, 2.45) is 10.8 Å². The molecule has 0 heterocycles. The van der Waals surface area contributed by atoms with Crippen molar-refractivity contribution in [3.8, 4) is 17.2 Å². The molecule has 0 bridgehead atoms. The van der Waals surface area contributed by atoms with Crippen molar-refractivity contribution in [3.05, 3.63) is 53.1 Å². The first-order valence-corrected chi connectivity index (χ1v) is 8.59. The molecule has 0 saturated heterocycles. The summed E-state index contributed by atoms with van der Waals surface area (Å²) in [6, 6.07) is 10.7. The lowest BCUT2D eigenvalue weighted by molar-refractivity contribution is 0.239. The first kappa shape index (κ1) is 20.1. The van der Waals surface area contributed by atoms with E-state index in [-0.39, 0.29) is 0 Å². The Hall–Kier alpha value is -3.22. The number of hydrogen-bond acceptors (Lipinski definition) is 5. The second-order valence-electron chi connectivity index (χ2n) is 5.92. The molecule has 0 saturated carbocycles. The van der Waals surface area contributed by atoms with E-state index in [1.807, 2.05) is 32.0 Å². The molecule has 7 heteroatoms. The molecule has 0 unspecified atom stereocenters. The van der Waals surface area contributed by atoms with Crippen LogP contribution in [0, 0.1) is 13.8 Å². The Morgan fingerprint density at radius 1 is 1.11 bits per heavy atom. The van der Waals surface area contributed by atoms with E-state index in [1.165, 1.54) is 6.21 Å². The Bertz CT molecular complexity index is 786. The summed E-state index contributed by atoms with van der Waals surface area (Å²) in [5, 5.41) is 3.71. The van der Waals surface area contributed by atoms with E-state index in [0.29, 0.717) is 24.7 Å². The highest BCUT2D eigenvalue weighted by molar-refractivity contribution is 5.82. The third-order valence-electron chi connectivity index (χ3n) is 3.78. The Balaban J connectivity index is 1.84. The molecule has 0 spiro atoms. The van der Waals surface area contributed by atoms with Gasteiger partial charge in [-0.25, -0.2) is 10.2 Å². The second-order valence-corrected chi connectivity index (χ2v) is 5.92. The van der Waals surface area contributed by atoms with Gasteiger partial charge in [0.1, 0.15) is 5.75 Å². The van der Waals surface area contributed by atoms with Gasteiger partial charge in [0.2, 0.25) is 0 Å². The van der Waals surface area contributed by atoms with Gasteiger partial charge in [-0.05, 0) is 48.7 Å². The molecule has 2 aromatic carbocycles. The highest BCUT2D eigenvalue weighted by Crippen LogP contribution is 2.28. The Morgan fingerprint density at radius 3 is 2.48 bits per heavy atom. The summed E-state index contributed by atoms with van der Waals surface area (Å²) in [7, 11) is 1.56. The van der Waals surface area contributed by atoms with Crippen molar-refractivity contribution in [1.82, 2.24) is 5.43 Å². The van der Waals surface area contributed by atoms with Gasteiger partial charge >= 0.3 is 6.03 Å². The number of hydrazone groups is 1. The van der Waals surface area contributed by atoms with E-state index in [9.17, 15) is 4.79 Å². The minimum Gasteiger partial charge on any atom is -0.493 e. The number of urea groups is 1. The van der Waals surface area contributed by atoms with Crippen molar-refractivity contribution in [1.29, 1.82) is 0 Å². The van der Waals surface area contributed by atoms with Crippen molar-refractivity contribution in [2.75, 3.05) is 20.3 Å². The first-order valence-electron chi connectivity index (χ1n) is 8.59. The molecule has 2 aromatic rings. The van der Waals surface area contributed by atoms with E-state index in [0.717, 1.165) is 28.9 Å². The van der Waals surface area contributed by atoms with Gasteiger partial charge in [-0.15, -0.1) is 0 Å². The van der Waals surface area contributed by atoms with Crippen molar-refractivity contribution < 1.29 is 19.0 Å². The van der Waals surface area contributed by atoms with Crippen molar-refractivity contribution in [3.63, 3.8) is 0 Å². The van der Waals surface area contributed by atoms with Crippen molar-refractivity contribution in [2.45, 2.75) is 20.3 Å². The molecule has 2 rings (SSSR count). The Kier molecular flexibility index (Phi) is 7.49. The zero-order chi connectivity index (χ0) is 19.6. The van der Waals surface area contributed by atoms with Gasteiger partial charge < -0.3 is 19.9 Å². The smallest absolute Gasteiger partial charge is 0.332 e. The number of ether oxygens (including phenoxy) is 3. The lowest BCUT2D eigenvalue weighted by Crippen LogP contribution is -2.24. The van der Waals surface area contributed by atoms with Gasteiger partial charge in [0.15, 0.2) is 11.5 Å². The Labute approximate surface area is 159 Å². The van der Waals surface area contributed by atoms with Crippen LogP contribution in [0.2, 0.25) is 0 Å². The molecule has 0 aromatic heterocycles. The summed E-state index contributed by atoms with van der Waals surface area (Å²) in [4.78, 5) is 10.6. The highest BCUT2D eigenvalue weighted by atomic mass is 16.5. The molecule has 0 radical (unpaired) electrons. The summed E-state index contributed by atoms with van der Waals surface area (Å²) >= 11 is 0. The monoisotopic (exact) mass is 371 g/mol. The van der Waals surface area contributed by atoms with Crippen LogP contribution in [0.25, 0.3) is 0 Å². The fourth-order valence-corrected chi connectivity index (χ4v) is 2.50. The van der Waals surface area contributed by atoms with Gasteiger partial charge in [-0.1, -0.05) is 18.2 Å². The van der Waals surface area contributed by atoms with Gasteiger partial charge in [0.25, 0.3) is 0 Å². The van der Waals surface area contributed by atoms with Gasteiger partial charge in [-0.3, -0.25) is 0 Å². The fourth-order valence-electron chi connectivity index (χ4n) is 2.50. The average Bonchev–Trinajstić information content (AvgIpc) is 2.64. The van der Waals surface area contributed by atoms with Gasteiger partial charge in [0, 0.05) is 6.42 Å². The summed E-state index contributed by atoms with van der Waals surface area (Å²) in [5.41, 5.74) is 10.1. The number of hydrogen-bond donors (Lipinski definition) is 2. The maximum absolute atomic E-state index is 10.6. The van der Waals surface area contributed by atoms with Crippen LogP contribution in [0.15, 0.2) is 41.5 Å². The van der Waals surface area contributed by atoms with Crippen LogP contribution in [-0.4, -0.2) is 32.6 Å². The number of carbonyl (C=O) groups is 1. The summed E-state index contributed by atoms with van der Waals surface area (Å²) < 4.78 is 17.0. The molecule has 144 valence electrons. The number of methoxy groups -OCH3 is 1. The molecule has 0 aliphatic heterocycles. The minimum absolute atomic E-state index is 0.498. The number of para-hydroxylation sites is 1. The quantitative estimate of drug-likeness (QED) is 0.402. The number of nitrogens with two attached hydrogens (primary N) is 1. The largest absolute Gasteiger partial charge is 0.493 e. The number of rotatable bonds is 9. The SMILES string of the molecule is COc1cc(/C=N\NC(N)=O)ccc1OCCCOc1c(C)cccc1C. The maximum Gasteiger partial charge on any atom is 0.332 e. The van der Waals surface area contributed by atoms with Crippen LogP contribution < -0.4 is 25.4 Å². The number of aryl methyl sites for hydroxylation is 2. The molecule has 3 N–H and O–H groups in total. The van der Waals surface area contributed by atoms with E-state index in [1.54, 1.807) is 25.3 Å². The topological polar surface area (TPSA) is 95.2 Å². The number of primary amides is 1. The molecule has 27 heavy (non-hydrogen) atoms. The summed E-state index contributed by atoms with van der Waals surface area (Å²) in [5.74, 6) is 2.14. The lowest BCUT2D eigenvalue weighted by atomic mass is 10.1. The van der Waals surface area contributed by atoms with Gasteiger partial charge in [-0.2, -0.15) is 5.10 Å². The number of nitrogens with one attached hydrogen (secondary N) is 1. The molecular weight excluding hydrogens is 346 g/mol. The fraction of sp³-hybridized carbons (Fsp3) is 0.300. The summed E-state index contributed by atoms with van der Waals surface area (Å²) in [6.07, 6.45) is 2.21. The molecule has 7 nitrogen and oxygen atoms in total. The highest BCUT2D eigenvalue weighted by Gasteiger charge is 2.06. The molecule has 0 aliphatic rings. The Morgan fingerprint density at radius 2 is 1.81 bits per heavy atom. The normalized spacial score (nSPS) is 10.6. The van der Waals surface area contributed by atoms with Crippen molar-refractivity contribution >= 4 is 12.2 Å². The van der Waals surface area contributed by atoms with Crippen LogP contribution in [0.1, 0.15) is 23.1 Å². The maximum atomic E-state index is 10.6. The minimum atomic E-state index is -0.721. The van der Waals surface area contributed by atoms with E-state index < -0.39 is 6.03 Å². The van der Waals surface area contributed by atoms with Gasteiger partial charge in [0.05, 0.1) is 26.5 Å². The number of carbonyl (C=O) groups excluding carboxylic acids is 1. The molecule has 0 aliphatic carbocycles. The zero-order valence-corrected chi connectivity index (χ0v) is 15.8. The van der Waals surface area contributed by atoms with Crippen LogP contribution >= 0.6 is 0 Å². The molecule has 0 fully saturated rings. The standard InChI is InChI=1S/C20H25N3O4/c1-14-6-4-7-15(2)19(14)27-11-5-10-26-17-9-8-16(12-18(17)25-3)13-22-23-20(21)24/h4,6-9,12-13H,5,10-11H2,1-3H3,(H3,21,23,24)/b22-13-. The van der Waals surface area contributed by atoms with Crippen LogP contribution in [0.4, 0.5) is 4.79 Å². The van der Waals surface area contributed by atoms with Crippen LogP contribution in [0.5, 0.6) is 17.2 Å². The number of amides is 2. The van der Waals surface area contributed by atoms with Crippen LogP contribution in [-0.2, 0) is 0 Å². The van der Waals surface area contributed by atoms with E-state index in [2.05, 4.69) is 10.5 Å². The first-order chi connectivity index (χ1) is 13.0. The van der Waals surface area contributed by atoms with E-state index >= 15 is 0 Å². The number of nitrogens with zero attached hydrogens (tertiary/aromatic N) is 1. The third-order valence-corrected chi connectivity index (χ3v) is 3.78. The molecule has 0 atom stereocenters.